The minimum absolute atomic E-state index is 0.154. The van der Waals surface area contributed by atoms with Crippen molar-refractivity contribution in [3.63, 3.8) is 0 Å². The highest BCUT2D eigenvalue weighted by molar-refractivity contribution is 5.97. The number of nitrogens with zero attached hydrogens (tertiary/aromatic N) is 2. The number of nitriles is 1. The first-order valence-electron chi connectivity index (χ1n) is 6.37. The molecule has 1 aliphatic heterocycles. The molecule has 0 aromatic heterocycles. The van der Waals surface area contributed by atoms with Crippen LogP contribution < -0.4 is 5.32 Å². The van der Waals surface area contributed by atoms with Crippen molar-refractivity contribution in [1.29, 1.82) is 5.26 Å². The molecule has 0 spiro atoms. The lowest BCUT2D eigenvalue weighted by Crippen LogP contribution is -2.53. The van der Waals surface area contributed by atoms with Crippen molar-refractivity contribution < 1.29 is 14.3 Å². The van der Waals surface area contributed by atoms with E-state index in [0.29, 0.717) is 25.9 Å². The Morgan fingerprint density at radius 1 is 1.50 bits per heavy atom. The van der Waals surface area contributed by atoms with Crippen molar-refractivity contribution >= 4 is 5.91 Å². The Kier molecular flexibility index (Phi) is 3.91. The summed E-state index contributed by atoms with van der Waals surface area (Å²) in [6.07, 6.45) is 1.00. The average Bonchev–Trinajstić information content (AvgIpc) is 2.44. The van der Waals surface area contributed by atoms with Crippen molar-refractivity contribution in [3.8, 4) is 11.8 Å². The van der Waals surface area contributed by atoms with E-state index in [-0.39, 0.29) is 11.3 Å². The smallest absolute Gasteiger partial charge is 0.256 e. The van der Waals surface area contributed by atoms with Crippen LogP contribution in [-0.2, 0) is 0 Å². The van der Waals surface area contributed by atoms with E-state index in [1.54, 1.807) is 0 Å². The number of hydrogen-bond donors (Lipinski definition) is 2. The first-order valence-corrected chi connectivity index (χ1v) is 6.37. The lowest BCUT2D eigenvalue weighted by Gasteiger charge is -2.36. The van der Waals surface area contributed by atoms with Gasteiger partial charge in [-0.05, 0) is 38.1 Å². The zero-order valence-corrected chi connectivity index (χ0v) is 11.2. The van der Waals surface area contributed by atoms with Crippen LogP contribution >= 0.6 is 0 Å². The summed E-state index contributed by atoms with van der Waals surface area (Å²) in [4.78, 5) is 14.2. The predicted molar refractivity (Wildman–Crippen MR) is 70.6 cm³/mol. The van der Waals surface area contributed by atoms with Gasteiger partial charge in [-0.15, -0.1) is 0 Å². The molecule has 1 aromatic rings. The van der Waals surface area contributed by atoms with E-state index in [1.165, 1.54) is 0 Å². The Bertz CT molecular complexity index is 560. The molecule has 0 radical (unpaired) electrons. The van der Waals surface area contributed by atoms with Crippen molar-refractivity contribution in [1.82, 2.24) is 10.2 Å². The van der Waals surface area contributed by atoms with Gasteiger partial charge >= 0.3 is 0 Å². The SMILES string of the molecule is CN1CCC(C#N)(NC(=O)c2cc(F)ccc2O)CC1. The highest BCUT2D eigenvalue weighted by Crippen LogP contribution is 2.23. The van der Waals surface area contributed by atoms with Crippen LogP contribution in [0.15, 0.2) is 18.2 Å². The quantitative estimate of drug-likeness (QED) is 0.853. The average molecular weight is 277 g/mol. The van der Waals surface area contributed by atoms with E-state index in [4.69, 9.17) is 0 Å². The van der Waals surface area contributed by atoms with Gasteiger partial charge in [0.1, 0.15) is 17.1 Å². The molecule has 5 nitrogen and oxygen atoms in total. The minimum atomic E-state index is -0.956. The second-order valence-electron chi connectivity index (χ2n) is 5.11. The number of benzene rings is 1. The van der Waals surface area contributed by atoms with E-state index in [1.807, 2.05) is 7.05 Å². The summed E-state index contributed by atoms with van der Waals surface area (Å²) in [6.45, 7) is 1.39. The van der Waals surface area contributed by atoms with Crippen LogP contribution in [0.5, 0.6) is 5.75 Å². The third kappa shape index (κ3) is 2.89. The van der Waals surface area contributed by atoms with Crippen molar-refractivity contribution in [2.75, 3.05) is 20.1 Å². The van der Waals surface area contributed by atoms with Gasteiger partial charge in [0.15, 0.2) is 0 Å². The molecule has 6 heteroatoms. The molecule has 0 aliphatic carbocycles. The van der Waals surface area contributed by atoms with Crippen LogP contribution in [0.2, 0.25) is 0 Å². The fraction of sp³-hybridized carbons (Fsp3) is 0.429. The molecule has 2 rings (SSSR count). The molecular formula is C14H16FN3O2. The summed E-state index contributed by atoms with van der Waals surface area (Å²) in [6, 6.07) is 5.30. The number of aromatic hydroxyl groups is 1. The number of amides is 1. The molecule has 0 atom stereocenters. The Hall–Kier alpha value is -2.13. The number of likely N-dealkylation sites (tertiary alicyclic amines) is 1. The summed E-state index contributed by atoms with van der Waals surface area (Å²) >= 11 is 0. The standard InChI is InChI=1S/C14H16FN3O2/c1-18-6-4-14(9-16,5-7-18)17-13(20)11-8-10(15)2-3-12(11)19/h2-3,8,19H,4-7H2,1H3,(H,17,20). The van der Waals surface area contributed by atoms with E-state index >= 15 is 0 Å². The molecule has 106 valence electrons. The first-order chi connectivity index (χ1) is 9.46. The maximum absolute atomic E-state index is 13.2. The zero-order valence-electron chi connectivity index (χ0n) is 11.2. The molecule has 1 fully saturated rings. The summed E-state index contributed by atoms with van der Waals surface area (Å²) in [5, 5.41) is 21.6. The van der Waals surface area contributed by atoms with Gasteiger partial charge < -0.3 is 15.3 Å². The molecule has 1 heterocycles. The Morgan fingerprint density at radius 2 is 2.15 bits per heavy atom. The van der Waals surface area contributed by atoms with Crippen LogP contribution in [-0.4, -0.2) is 41.6 Å². The van der Waals surface area contributed by atoms with Crippen LogP contribution in [0.4, 0.5) is 4.39 Å². The number of halogens is 1. The number of phenols is 1. The second-order valence-corrected chi connectivity index (χ2v) is 5.11. The lowest BCUT2D eigenvalue weighted by molar-refractivity contribution is 0.0879. The Balaban J connectivity index is 2.18. The summed E-state index contributed by atoms with van der Waals surface area (Å²) in [5.41, 5.74) is -1.11. The van der Waals surface area contributed by atoms with Crippen LogP contribution in [0.25, 0.3) is 0 Å². The van der Waals surface area contributed by atoms with Crippen LogP contribution in [0.3, 0.4) is 0 Å². The van der Waals surface area contributed by atoms with Gasteiger partial charge in [-0.25, -0.2) is 4.39 Å². The predicted octanol–water partition coefficient (Wildman–Crippen LogP) is 1.25. The second kappa shape index (κ2) is 5.47. The van der Waals surface area contributed by atoms with Gasteiger partial charge in [-0.1, -0.05) is 0 Å². The molecule has 20 heavy (non-hydrogen) atoms. The van der Waals surface area contributed by atoms with Gasteiger partial charge in [-0.3, -0.25) is 4.79 Å². The number of carbonyl (C=O) groups is 1. The summed E-state index contributed by atoms with van der Waals surface area (Å²) in [7, 11) is 1.95. The lowest BCUT2D eigenvalue weighted by atomic mass is 9.89. The molecule has 1 amide bonds. The van der Waals surface area contributed by atoms with E-state index in [2.05, 4.69) is 16.3 Å². The molecule has 0 unspecified atom stereocenters. The summed E-state index contributed by atoms with van der Waals surface area (Å²) in [5.74, 6) is -1.54. The minimum Gasteiger partial charge on any atom is -0.507 e. The summed E-state index contributed by atoms with van der Waals surface area (Å²) < 4.78 is 13.2. The first kappa shape index (κ1) is 14.3. The van der Waals surface area contributed by atoms with Gasteiger partial charge in [0, 0.05) is 13.1 Å². The molecular weight excluding hydrogens is 261 g/mol. The van der Waals surface area contributed by atoms with Crippen molar-refractivity contribution in [2.24, 2.45) is 0 Å². The number of piperidine rings is 1. The molecule has 0 bridgehead atoms. The molecule has 1 saturated heterocycles. The maximum Gasteiger partial charge on any atom is 0.256 e. The van der Waals surface area contributed by atoms with Crippen LogP contribution in [0, 0.1) is 17.1 Å². The molecule has 0 saturated carbocycles. The van der Waals surface area contributed by atoms with Gasteiger partial charge in [0.2, 0.25) is 0 Å². The monoisotopic (exact) mass is 277 g/mol. The Morgan fingerprint density at radius 3 is 2.75 bits per heavy atom. The zero-order chi connectivity index (χ0) is 14.8. The number of nitrogens with one attached hydrogen (secondary N) is 1. The fourth-order valence-electron chi connectivity index (χ4n) is 2.24. The van der Waals surface area contributed by atoms with Crippen molar-refractivity contribution in [3.05, 3.63) is 29.6 Å². The third-order valence-electron chi connectivity index (χ3n) is 3.61. The number of hydrogen-bond acceptors (Lipinski definition) is 4. The van der Waals surface area contributed by atoms with Crippen molar-refractivity contribution in [2.45, 2.75) is 18.4 Å². The van der Waals surface area contributed by atoms with E-state index < -0.39 is 17.3 Å². The fourth-order valence-corrected chi connectivity index (χ4v) is 2.24. The van der Waals surface area contributed by atoms with E-state index in [0.717, 1.165) is 18.2 Å². The molecule has 1 aromatic carbocycles. The normalized spacial score (nSPS) is 18.2. The Labute approximate surface area is 116 Å². The van der Waals surface area contributed by atoms with Gasteiger partial charge in [-0.2, -0.15) is 5.26 Å². The largest absolute Gasteiger partial charge is 0.507 e. The molecule has 2 N–H and O–H groups in total. The van der Waals surface area contributed by atoms with Gasteiger partial charge in [0.25, 0.3) is 5.91 Å². The number of rotatable bonds is 2. The highest BCUT2D eigenvalue weighted by Gasteiger charge is 2.35. The molecule has 1 aliphatic rings. The maximum atomic E-state index is 13.2. The van der Waals surface area contributed by atoms with E-state index in [9.17, 15) is 19.6 Å². The third-order valence-corrected chi connectivity index (χ3v) is 3.61. The highest BCUT2D eigenvalue weighted by atomic mass is 19.1. The van der Waals surface area contributed by atoms with Gasteiger partial charge in [0.05, 0.1) is 11.6 Å². The topological polar surface area (TPSA) is 76.4 Å². The van der Waals surface area contributed by atoms with Crippen LogP contribution in [0.1, 0.15) is 23.2 Å². The number of carbonyl (C=O) groups excluding carboxylic acids is 1. The number of phenolic OH excluding ortho intramolecular Hbond substituents is 1.